The van der Waals surface area contributed by atoms with E-state index in [1.807, 2.05) is 0 Å². The van der Waals surface area contributed by atoms with E-state index in [1.54, 1.807) is 0 Å². The maximum atomic E-state index is 9.24. The Bertz CT molecular complexity index is 451. The minimum atomic E-state index is -0.163. The van der Waals surface area contributed by atoms with Crippen molar-refractivity contribution in [3.05, 3.63) is 29.8 Å². The Morgan fingerprint density at radius 1 is 1.24 bits per heavy atom. The fraction of sp³-hybridized carbons (Fsp3) is 0.500. The van der Waals surface area contributed by atoms with Crippen molar-refractivity contribution in [1.82, 2.24) is 5.32 Å². The highest BCUT2D eigenvalue weighted by Crippen LogP contribution is 2.48. The van der Waals surface area contributed by atoms with Crippen LogP contribution in [-0.2, 0) is 5.41 Å². The molecule has 1 saturated carbocycles. The van der Waals surface area contributed by atoms with Gasteiger partial charge >= 0.3 is 0 Å². The van der Waals surface area contributed by atoms with Crippen molar-refractivity contribution in [3.8, 4) is 6.07 Å². The number of hydrogen-bond acceptors (Lipinski definition) is 3. The van der Waals surface area contributed by atoms with Gasteiger partial charge < -0.3 is 10.2 Å². The molecule has 1 aliphatic carbocycles. The van der Waals surface area contributed by atoms with Crippen LogP contribution in [-0.4, -0.2) is 26.2 Å². The van der Waals surface area contributed by atoms with Gasteiger partial charge in [-0.1, -0.05) is 12.1 Å². The van der Waals surface area contributed by atoms with Gasteiger partial charge in [-0.05, 0) is 30.5 Å². The van der Waals surface area contributed by atoms with Gasteiger partial charge in [-0.25, -0.2) is 0 Å². The molecule has 0 amide bonds. The minimum Gasteiger partial charge on any atom is -0.369 e. The first kappa shape index (κ1) is 10.6. The van der Waals surface area contributed by atoms with Crippen molar-refractivity contribution in [2.24, 2.45) is 0 Å². The minimum absolute atomic E-state index is 0.163. The number of benzene rings is 1. The van der Waals surface area contributed by atoms with E-state index >= 15 is 0 Å². The summed E-state index contributed by atoms with van der Waals surface area (Å²) >= 11 is 0. The van der Waals surface area contributed by atoms with Crippen LogP contribution in [0.4, 0.5) is 5.69 Å². The number of rotatable bonds is 2. The zero-order valence-corrected chi connectivity index (χ0v) is 9.95. The van der Waals surface area contributed by atoms with Crippen LogP contribution < -0.4 is 10.2 Å². The van der Waals surface area contributed by atoms with Crippen molar-refractivity contribution >= 4 is 5.69 Å². The number of nitrogens with zero attached hydrogens (tertiary/aromatic N) is 2. The van der Waals surface area contributed by atoms with Crippen LogP contribution in [0.25, 0.3) is 0 Å². The Kier molecular flexibility index (Phi) is 2.53. The van der Waals surface area contributed by atoms with Crippen LogP contribution in [0, 0.1) is 11.3 Å². The maximum absolute atomic E-state index is 9.24. The van der Waals surface area contributed by atoms with Crippen molar-refractivity contribution < 1.29 is 0 Å². The quantitative estimate of drug-likeness (QED) is 0.835. The SMILES string of the molecule is N#CC1(c2cccc(N3CCNCC3)c2)CC1. The standard InChI is InChI=1S/C14H17N3/c15-11-14(4-5-14)12-2-1-3-13(10-12)17-8-6-16-7-9-17/h1-3,10,16H,4-9H2. The van der Waals surface area contributed by atoms with Crippen molar-refractivity contribution in [2.45, 2.75) is 18.3 Å². The first-order valence-electron chi connectivity index (χ1n) is 6.32. The second-order valence-electron chi connectivity index (χ2n) is 4.98. The van der Waals surface area contributed by atoms with E-state index in [0.29, 0.717) is 0 Å². The highest BCUT2D eigenvalue weighted by Gasteiger charge is 2.44. The second-order valence-corrected chi connectivity index (χ2v) is 4.98. The molecule has 3 heteroatoms. The molecular weight excluding hydrogens is 210 g/mol. The molecule has 0 aromatic heterocycles. The fourth-order valence-corrected chi connectivity index (χ4v) is 2.51. The van der Waals surface area contributed by atoms with E-state index < -0.39 is 0 Å². The summed E-state index contributed by atoms with van der Waals surface area (Å²) in [6, 6.07) is 11.0. The van der Waals surface area contributed by atoms with E-state index in [9.17, 15) is 5.26 Å². The Morgan fingerprint density at radius 3 is 2.65 bits per heavy atom. The third kappa shape index (κ3) is 1.89. The molecule has 17 heavy (non-hydrogen) atoms. The molecule has 0 spiro atoms. The summed E-state index contributed by atoms with van der Waals surface area (Å²) in [6.45, 7) is 4.22. The summed E-state index contributed by atoms with van der Waals surface area (Å²) in [4.78, 5) is 2.40. The fourth-order valence-electron chi connectivity index (χ4n) is 2.51. The summed E-state index contributed by atoms with van der Waals surface area (Å²) in [7, 11) is 0. The normalized spacial score (nSPS) is 21.9. The van der Waals surface area contributed by atoms with E-state index in [-0.39, 0.29) is 5.41 Å². The Morgan fingerprint density at radius 2 is 2.00 bits per heavy atom. The molecule has 0 radical (unpaired) electrons. The number of hydrogen-bond donors (Lipinski definition) is 1. The molecule has 3 nitrogen and oxygen atoms in total. The molecule has 2 fully saturated rings. The average Bonchev–Trinajstić information content (AvgIpc) is 3.21. The van der Waals surface area contributed by atoms with Gasteiger partial charge in [0.2, 0.25) is 0 Å². The zero-order chi connectivity index (χ0) is 11.7. The first-order chi connectivity index (χ1) is 8.34. The lowest BCUT2D eigenvalue weighted by atomic mass is 9.97. The summed E-state index contributed by atoms with van der Waals surface area (Å²) < 4.78 is 0. The number of anilines is 1. The van der Waals surface area contributed by atoms with Gasteiger partial charge in [0.05, 0.1) is 11.5 Å². The molecule has 0 bridgehead atoms. The third-order valence-corrected chi connectivity index (χ3v) is 3.84. The van der Waals surface area contributed by atoms with Gasteiger partial charge in [-0.2, -0.15) is 5.26 Å². The number of nitrogens with one attached hydrogen (secondary N) is 1. The van der Waals surface area contributed by atoms with Crippen LogP contribution in [0.5, 0.6) is 0 Å². The van der Waals surface area contributed by atoms with Gasteiger partial charge in [0.15, 0.2) is 0 Å². The van der Waals surface area contributed by atoms with Gasteiger partial charge in [0, 0.05) is 31.9 Å². The highest BCUT2D eigenvalue weighted by atomic mass is 15.2. The summed E-state index contributed by atoms with van der Waals surface area (Å²) in [5.41, 5.74) is 2.31. The van der Waals surface area contributed by atoms with Crippen LogP contribution in [0.15, 0.2) is 24.3 Å². The summed E-state index contributed by atoms with van der Waals surface area (Å²) in [5.74, 6) is 0. The van der Waals surface area contributed by atoms with E-state index in [2.05, 4.69) is 40.6 Å². The molecule has 1 heterocycles. The van der Waals surface area contributed by atoms with E-state index in [1.165, 1.54) is 11.3 Å². The topological polar surface area (TPSA) is 39.1 Å². The lowest BCUT2D eigenvalue weighted by Crippen LogP contribution is -2.43. The first-order valence-corrected chi connectivity index (χ1v) is 6.32. The molecule has 1 aromatic rings. The summed E-state index contributed by atoms with van der Waals surface area (Å²) in [5, 5.41) is 12.6. The Labute approximate surface area is 102 Å². The van der Waals surface area contributed by atoms with E-state index in [0.717, 1.165) is 39.0 Å². The van der Waals surface area contributed by atoms with Crippen molar-refractivity contribution in [1.29, 1.82) is 5.26 Å². The van der Waals surface area contributed by atoms with Crippen LogP contribution in [0.2, 0.25) is 0 Å². The van der Waals surface area contributed by atoms with Gasteiger partial charge in [-0.3, -0.25) is 0 Å². The molecule has 1 aromatic carbocycles. The van der Waals surface area contributed by atoms with Crippen molar-refractivity contribution in [2.75, 3.05) is 31.1 Å². The number of piperazine rings is 1. The highest BCUT2D eigenvalue weighted by molar-refractivity contribution is 5.53. The van der Waals surface area contributed by atoms with Gasteiger partial charge in [-0.15, -0.1) is 0 Å². The zero-order valence-electron chi connectivity index (χ0n) is 9.95. The molecule has 1 aliphatic heterocycles. The molecule has 0 atom stereocenters. The average molecular weight is 227 g/mol. The largest absolute Gasteiger partial charge is 0.369 e. The van der Waals surface area contributed by atoms with Crippen LogP contribution >= 0.6 is 0 Å². The third-order valence-electron chi connectivity index (χ3n) is 3.84. The molecule has 3 rings (SSSR count). The predicted octanol–water partition coefficient (Wildman–Crippen LogP) is 1.65. The van der Waals surface area contributed by atoms with Crippen LogP contribution in [0.3, 0.4) is 0 Å². The van der Waals surface area contributed by atoms with Crippen LogP contribution in [0.1, 0.15) is 18.4 Å². The number of nitriles is 1. The molecule has 2 aliphatic rings. The molecular formula is C14H17N3. The van der Waals surface area contributed by atoms with Gasteiger partial charge in [0.1, 0.15) is 0 Å². The van der Waals surface area contributed by atoms with E-state index in [4.69, 9.17) is 0 Å². The molecule has 0 unspecified atom stereocenters. The molecule has 1 N–H and O–H groups in total. The van der Waals surface area contributed by atoms with Gasteiger partial charge in [0.25, 0.3) is 0 Å². The smallest absolute Gasteiger partial charge is 0.0824 e. The lowest BCUT2D eigenvalue weighted by Gasteiger charge is -2.30. The summed E-state index contributed by atoms with van der Waals surface area (Å²) in [6.07, 6.45) is 2.04. The molecule has 1 saturated heterocycles. The maximum Gasteiger partial charge on any atom is 0.0824 e. The Balaban J connectivity index is 1.86. The molecule has 88 valence electrons. The van der Waals surface area contributed by atoms with Crippen molar-refractivity contribution in [3.63, 3.8) is 0 Å². The lowest BCUT2D eigenvalue weighted by molar-refractivity contribution is 0.589. The second kappa shape index (κ2) is 4.05. The Hall–Kier alpha value is -1.53. The predicted molar refractivity (Wildman–Crippen MR) is 68.0 cm³/mol. The monoisotopic (exact) mass is 227 g/mol.